The van der Waals surface area contributed by atoms with E-state index in [0.717, 1.165) is 23.4 Å². The first kappa shape index (κ1) is 12.9. The van der Waals surface area contributed by atoms with E-state index in [1.807, 2.05) is 24.3 Å². The van der Waals surface area contributed by atoms with Gasteiger partial charge in [-0.1, -0.05) is 26.0 Å². The lowest BCUT2D eigenvalue weighted by Crippen LogP contribution is -2.44. The number of nitrogens with zero attached hydrogens (tertiary/aromatic N) is 1. The summed E-state index contributed by atoms with van der Waals surface area (Å²) in [7, 11) is 0. The van der Waals surface area contributed by atoms with E-state index >= 15 is 0 Å². The summed E-state index contributed by atoms with van der Waals surface area (Å²) >= 11 is 0. The number of hydrogen-bond acceptors (Lipinski definition) is 3. The van der Waals surface area contributed by atoms with Crippen LogP contribution in [0.25, 0.3) is 11.0 Å². The molecule has 0 aliphatic rings. The fraction of sp³-hybridized carbons (Fsp3) is 0.500. The first-order valence-corrected chi connectivity index (χ1v) is 6.45. The molecule has 2 rings (SSSR count). The Morgan fingerprint density at radius 2 is 2.11 bits per heavy atom. The van der Waals surface area contributed by atoms with Gasteiger partial charge in [-0.2, -0.15) is 0 Å². The number of nitrogens with one attached hydrogen (secondary N) is 2. The van der Waals surface area contributed by atoms with Crippen LogP contribution in [0.15, 0.2) is 24.3 Å². The highest BCUT2D eigenvalue weighted by Gasteiger charge is 2.24. The molecule has 1 unspecified atom stereocenters. The van der Waals surface area contributed by atoms with Crippen molar-refractivity contribution in [2.75, 3.05) is 11.9 Å². The minimum atomic E-state index is -0.123. The molecule has 0 saturated carbocycles. The quantitative estimate of drug-likeness (QED) is 0.760. The van der Waals surface area contributed by atoms with Gasteiger partial charge in [0.2, 0.25) is 5.95 Å². The largest absolute Gasteiger partial charge is 0.349 e. The predicted molar refractivity (Wildman–Crippen MR) is 76.6 cm³/mol. The molecular formula is C14H22N4. The Bertz CT molecular complexity index is 484. The van der Waals surface area contributed by atoms with Gasteiger partial charge in [0.25, 0.3) is 0 Å². The number of aromatic amines is 1. The normalized spacial score (nSPS) is 14.9. The average Bonchev–Trinajstić information content (AvgIpc) is 2.69. The third-order valence-corrected chi connectivity index (χ3v) is 3.12. The molecule has 0 amide bonds. The number of benzene rings is 1. The monoisotopic (exact) mass is 246 g/mol. The molecule has 4 N–H and O–H groups in total. The molecule has 2 aromatic rings. The first-order valence-electron chi connectivity index (χ1n) is 6.45. The molecule has 0 spiro atoms. The summed E-state index contributed by atoms with van der Waals surface area (Å²) in [4.78, 5) is 7.81. The highest BCUT2D eigenvalue weighted by Crippen LogP contribution is 2.22. The number of para-hydroxylation sites is 2. The minimum Gasteiger partial charge on any atom is -0.349 e. The fourth-order valence-electron chi connectivity index (χ4n) is 2.38. The van der Waals surface area contributed by atoms with Gasteiger partial charge in [-0.05, 0) is 31.4 Å². The van der Waals surface area contributed by atoms with Crippen LogP contribution in [0.4, 0.5) is 5.95 Å². The van der Waals surface area contributed by atoms with Crippen molar-refractivity contribution in [2.45, 2.75) is 32.7 Å². The molecule has 4 nitrogen and oxygen atoms in total. The fourth-order valence-corrected chi connectivity index (χ4v) is 2.38. The van der Waals surface area contributed by atoms with Crippen LogP contribution < -0.4 is 11.1 Å². The molecule has 0 fully saturated rings. The van der Waals surface area contributed by atoms with Crippen molar-refractivity contribution in [2.24, 2.45) is 11.7 Å². The summed E-state index contributed by atoms with van der Waals surface area (Å²) in [5, 5.41) is 3.43. The minimum absolute atomic E-state index is 0.123. The zero-order valence-corrected chi connectivity index (χ0v) is 11.3. The second-order valence-electron chi connectivity index (χ2n) is 5.59. The molecule has 1 atom stereocenters. The van der Waals surface area contributed by atoms with Crippen molar-refractivity contribution < 1.29 is 0 Å². The molecule has 1 aromatic carbocycles. The van der Waals surface area contributed by atoms with Gasteiger partial charge < -0.3 is 16.0 Å². The Labute approximate surface area is 108 Å². The van der Waals surface area contributed by atoms with Gasteiger partial charge in [-0.25, -0.2) is 4.98 Å². The summed E-state index contributed by atoms with van der Waals surface area (Å²) < 4.78 is 0. The van der Waals surface area contributed by atoms with Gasteiger partial charge in [-0.15, -0.1) is 0 Å². The topological polar surface area (TPSA) is 66.7 Å². The number of anilines is 1. The second kappa shape index (κ2) is 4.98. The van der Waals surface area contributed by atoms with Crippen molar-refractivity contribution in [1.29, 1.82) is 0 Å². The summed E-state index contributed by atoms with van der Waals surface area (Å²) in [6.45, 7) is 7.13. The standard InChI is InChI=1S/C14H22N4/c1-10(2)8-14(3,9-15)18-13-16-11-6-4-5-7-12(11)17-13/h4-7,10H,8-9,15H2,1-3H3,(H2,16,17,18). The Balaban J connectivity index is 2.21. The maximum Gasteiger partial charge on any atom is 0.201 e. The smallest absolute Gasteiger partial charge is 0.201 e. The number of hydrogen-bond donors (Lipinski definition) is 3. The summed E-state index contributed by atoms with van der Waals surface area (Å²) in [5.41, 5.74) is 7.79. The van der Waals surface area contributed by atoms with Crippen molar-refractivity contribution in [3.05, 3.63) is 24.3 Å². The van der Waals surface area contributed by atoms with E-state index in [1.165, 1.54) is 0 Å². The molecule has 18 heavy (non-hydrogen) atoms. The molecule has 0 aliphatic heterocycles. The van der Waals surface area contributed by atoms with Crippen molar-refractivity contribution in [3.8, 4) is 0 Å². The van der Waals surface area contributed by atoms with E-state index in [9.17, 15) is 0 Å². The van der Waals surface area contributed by atoms with Crippen molar-refractivity contribution in [1.82, 2.24) is 9.97 Å². The molecule has 1 heterocycles. The van der Waals surface area contributed by atoms with Gasteiger partial charge in [0.05, 0.1) is 11.0 Å². The van der Waals surface area contributed by atoms with Crippen LogP contribution in [0.5, 0.6) is 0 Å². The highest BCUT2D eigenvalue weighted by atomic mass is 15.2. The lowest BCUT2D eigenvalue weighted by atomic mass is 9.91. The number of aromatic nitrogens is 2. The zero-order valence-electron chi connectivity index (χ0n) is 11.3. The summed E-state index contributed by atoms with van der Waals surface area (Å²) in [6.07, 6.45) is 1.01. The average molecular weight is 246 g/mol. The number of imidazole rings is 1. The van der Waals surface area contributed by atoms with Crippen LogP contribution in [-0.2, 0) is 0 Å². The number of fused-ring (bicyclic) bond motifs is 1. The zero-order chi connectivity index (χ0) is 13.2. The first-order chi connectivity index (χ1) is 8.52. The Hall–Kier alpha value is -1.55. The third kappa shape index (κ3) is 2.82. The Morgan fingerprint density at radius 1 is 1.39 bits per heavy atom. The van der Waals surface area contributed by atoms with E-state index < -0.39 is 0 Å². The van der Waals surface area contributed by atoms with Crippen LogP contribution in [0.3, 0.4) is 0 Å². The molecule has 0 aliphatic carbocycles. The molecule has 0 saturated heterocycles. The van der Waals surface area contributed by atoms with Crippen molar-refractivity contribution >= 4 is 17.0 Å². The maximum atomic E-state index is 5.89. The third-order valence-electron chi connectivity index (χ3n) is 3.12. The van der Waals surface area contributed by atoms with E-state index in [-0.39, 0.29) is 5.54 Å². The van der Waals surface area contributed by atoms with E-state index in [1.54, 1.807) is 0 Å². The van der Waals surface area contributed by atoms with E-state index in [2.05, 4.69) is 36.1 Å². The maximum absolute atomic E-state index is 5.89. The van der Waals surface area contributed by atoms with Crippen LogP contribution in [0.1, 0.15) is 27.2 Å². The van der Waals surface area contributed by atoms with Crippen molar-refractivity contribution in [3.63, 3.8) is 0 Å². The van der Waals surface area contributed by atoms with Crippen LogP contribution in [-0.4, -0.2) is 22.1 Å². The highest BCUT2D eigenvalue weighted by molar-refractivity contribution is 5.77. The summed E-state index contributed by atoms with van der Waals surface area (Å²) in [5.74, 6) is 1.39. The molecule has 0 bridgehead atoms. The summed E-state index contributed by atoms with van der Waals surface area (Å²) in [6, 6.07) is 8.01. The van der Waals surface area contributed by atoms with Crippen LogP contribution in [0.2, 0.25) is 0 Å². The second-order valence-corrected chi connectivity index (χ2v) is 5.59. The van der Waals surface area contributed by atoms with Crippen LogP contribution >= 0.6 is 0 Å². The SMILES string of the molecule is CC(C)CC(C)(CN)Nc1nc2ccccc2[nH]1. The lowest BCUT2D eigenvalue weighted by molar-refractivity contribution is 0.405. The predicted octanol–water partition coefficient (Wildman–Crippen LogP) is 2.74. The van der Waals surface area contributed by atoms with Crippen LogP contribution in [0, 0.1) is 5.92 Å². The van der Waals surface area contributed by atoms with E-state index in [0.29, 0.717) is 12.5 Å². The Morgan fingerprint density at radius 3 is 2.72 bits per heavy atom. The Kier molecular flexibility index (Phi) is 3.57. The molecule has 1 aromatic heterocycles. The lowest BCUT2D eigenvalue weighted by Gasteiger charge is -2.30. The molecule has 4 heteroatoms. The number of H-pyrrole nitrogens is 1. The van der Waals surface area contributed by atoms with Gasteiger partial charge in [0.1, 0.15) is 0 Å². The van der Waals surface area contributed by atoms with Gasteiger partial charge >= 0.3 is 0 Å². The molecular weight excluding hydrogens is 224 g/mol. The van der Waals surface area contributed by atoms with Gasteiger partial charge in [-0.3, -0.25) is 0 Å². The number of rotatable bonds is 5. The number of nitrogens with two attached hydrogens (primary N) is 1. The van der Waals surface area contributed by atoms with Gasteiger partial charge in [0, 0.05) is 12.1 Å². The molecule has 98 valence electrons. The van der Waals surface area contributed by atoms with E-state index in [4.69, 9.17) is 5.73 Å². The van der Waals surface area contributed by atoms with Gasteiger partial charge in [0.15, 0.2) is 0 Å². The molecule has 0 radical (unpaired) electrons.